The highest BCUT2D eigenvalue weighted by molar-refractivity contribution is 5.90. The molecule has 2 atom stereocenters. The van der Waals surface area contributed by atoms with Crippen molar-refractivity contribution in [2.75, 3.05) is 7.11 Å². The van der Waals surface area contributed by atoms with Gasteiger partial charge in [0.2, 0.25) is 0 Å². The summed E-state index contributed by atoms with van der Waals surface area (Å²) in [5, 5.41) is 0. The summed E-state index contributed by atoms with van der Waals surface area (Å²) in [7, 11) is 1.43. The maximum absolute atomic E-state index is 11.3. The molecule has 0 saturated carbocycles. The molecular formula is C11H12O2. The van der Waals surface area contributed by atoms with Crippen molar-refractivity contribution in [3.63, 3.8) is 0 Å². The fourth-order valence-corrected chi connectivity index (χ4v) is 1.90. The van der Waals surface area contributed by atoms with E-state index >= 15 is 0 Å². The number of ether oxygens (including phenoxy) is 1. The van der Waals surface area contributed by atoms with Crippen LogP contribution in [0.25, 0.3) is 0 Å². The van der Waals surface area contributed by atoms with Gasteiger partial charge in [0.05, 0.1) is 7.11 Å². The molecule has 2 aliphatic carbocycles. The van der Waals surface area contributed by atoms with E-state index in [4.69, 9.17) is 4.74 Å². The molecule has 2 aliphatic rings. The molecule has 0 fully saturated rings. The van der Waals surface area contributed by atoms with Gasteiger partial charge in [-0.15, -0.1) is 0 Å². The first-order valence-corrected chi connectivity index (χ1v) is 4.46. The van der Waals surface area contributed by atoms with Crippen LogP contribution in [0, 0.1) is 11.8 Å². The van der Waals surface area contributed by atoms with Gasteiger partial charge < -0.3 is 4.74 Å². The normalized spacial score (nSPS) is 29.8. The minimum Gasteiger partial charge on any atom is -0.466 e. The monoisotopic (exact) mass is 176 g/mol. The summed E-state index contributed by atoms with van der Waals surface area (Å²) >= 11 is 0. The van der Waals surface area contributed by atoms with Crippen LogP contribution in [0.1, 0.15) is 6.42 Å². The maximum Gasteiger partial charge on any atom is 0.334 e. The predicted molar refractivity (Wildman–Crippen MR) is 50.0 cm³/mol. The molecule has 0 N–H and O–H groups in total. The van der Waals surface area contributed by atoms with Crippen molar-refractivity contribution in [2.45, 2.75) is 6.42 Å². The Kier molecular flexibility index (Phi) is 2.05. The Bertz CT molecular complexity index is 310. The van der Waals surface area contributed by atoms with Gasteiger partial charge in [0, 0.05) is 11.5 Å². The Morgan fingerprint density at radius 3 is 3.00 bits per heavy atom. The van der Waals surface area contributed by atoms with Gasteiger partial charge in [0.1, 0.15) is 0 Å². The van der Waals surface area contributed by atoms with Crippen molar-refractivity contribution in [1.29, 1.82) is 0 Å². The molecule has 0 radical (unpaired) electrons. The summed E-state index contributed by atoms with van der Waals surface area (Å²) in [5.41, 5.74) is 0.813. The van der Waals surface area contributed by atoms with Gasteiger partial charge in [-0.2, -0.15) is 0 Å². The lowest BCUT2D eigenvalue weighted by Crippen LogP contribution is -2.09. The average Bonchev–Trinajstić information content (AvgIpc) is 2.37. The molecule has 2 nitrogen and oxygen atoms in total. The summed E-state index contributed by atoms with van der Waals surface area (Å²) in [4.78, 5) is 11.3. The lowest BCUT2D eigenvalue weighted by molar-refractivity contribution is -0.136. The molecule has 0 aromatic carbocycles. The second kappa shape index (κ2) is 3.21. The van der Waals surface area contributed by atoms with Gasteiger partial charge in [-0.05, 0) is 12.3 Å². The van der Waals surface area contributed by atoms with Crippen LogP contribution in [0.5, 0.6) is 0 Å². The summed E-state index contributed by atoms with van der Waals surface area (Å²) in [6, 6.07) is 0. The Hall–Kier alpha value is -1.31. The maximum atomic E-state index is 11.3. The second-order valence-electron chi connectivity index (χ2n) is 3.39. The zero-order valence-corrected chi connectivity index (χ0v) is 7.57. The summed E-state index contributed by atoms with van der Waals surface area (Å²) in [5.74, 6) is 0.481. The number of allylic oxidation sites excluding steroid dienone is 5. The van der Waals surface area contributed by atoms with Crippen LogP contribution in [0.2, 0.25) is 0 Å². The van der Waals surface area contributed by atoms with Crippen molar-refractivity contribution in [3.8, 4) is 0 Å². The second-order valence-corrected chi connectivity index (χ2v) is 3.39. The van der Waals surface area contributed by atoms with Gasteiger partial charge in [0.25, 0.3) is 0 Å². The van der Waals surface area contributed by atoms with Gasteiger partial charge >= 0.3 is 5.97 Å². The van der Waals surface area contributed by atoms with Crippen LogP contribution in [0.3, 0.4) is 0 Å². The third-order valence-corrected chi connectivity index (χ3v) is 2.55. The first-order chi connectivity index (χ1) is 6.31. The highest BCUT2D eigenvalue weighted by Gasteiger charge is 2.28. The van der Waals surface area contributed by atoms with Crippen molar-refractivity contribution < 1.29 is 9.53 Å². The first kappa shape index (κ1) is 8.30. The zero-order chi connectivity index (χ0) is 9.26. The fourth-order valence-electron chi connectivity index (χ4n) is 1.90. The molecule has 0 saturated heterocycles. The van der Waals surface area contributed by atoms with Gasteiger partial charge in [-0.1, -0.05) is 30.4 Å². The van der Waals surface area contributed by atoms with Crippen LogP contribution in [0.15, 0.2) is 36.0 Å². The lowest BCUT2D eigenvalue weighted by Gasteiger charge is -2.07. The number of esters is 1. The third-order valence-electron chi connectivity index (χ3n) is 2.55. The van der Waals surface area contributed by atoms with Crippen LogP contribution >= 0.6 is 0 Å². The Morgan fingerprint density at radius 2 is 2.23 bits per heavy atom. The number of rotatable bonds is 1. The van der Waals surface area contributed by atoms with Gasteiger partial charge in [0.15, 0.2) is 0 Å². The van der Waals surface area contributed by atoms with E-state index in [2.05, 4.69) is 12.2 Å². The van der Waals surface area contributed by atoms with E-state index in [0.29, 0.717) is 5.92 Å². The minimum atomic E-state index is -0.188. The van der Waals surface area contributed by atoms with Crippen molar-refractivity contribution in [1.82, 2.24) is 0 Å². The molecule has 0 heterocycles. The molecule has 2 bridgehead atoms. The first-order valence-electron chi connectivity index (χ1n) is 4.46. The average molecular weight is 176 g/mol. The molecule has 13 heavy (non-hydrogen) atoms. The molecule has 0 spiro atoms. The SMILES string of the molecule is COC(=O)C1=CC2C=CC=CC1C2. The van der Waals surface area contributed by atoms with Crippen molar-refractivity contribution in [2.24, 2.45) is 11.8 Å². The molecule has 0 aromatic heterocycles. The molecule has 0 aromatic rings. The molecule has 0 amide bonds. The number of hydrogen-bond donors (Lipinski definition) is 0. The number of carbonyl (C=O) groups excluding carboxylic acids is 1. The Balaban J connectivity index is 2.27. The summed E-state index contributed by atoms with van der Waals surface area (Å²) in [6.07, 6.45) is 11.2. The largest absolute Gasteiger partial charge is 0.466 e. The fraction of sp³-hybridized carbons (Fsp3) is 0.364. The number of methoxy groups -OCH3 is 1. The van der Waals surface area contributed by atoms with Crippen LogP contribution in [-0.2, 0) is 9.53 Å². The summed E-state index contributed by atoms with van der Waals surface area (Å²) < 4.78 is 4.72. The summed E-state index contributed by atoms with van der Waals surface area (Å²) in [6.45, 7) is 0. The Labute approximate surface area is 77.6 Å². The van der Waals surface area contributed by atoms with Gasteiger partial charge in [-0.3, -0.25) is 0 Å². The zero-order valence-electron chi connectivity index (χ0n) is 7.57. The van der Waals surface area contributed by atoms with E-state index in [1.165, 1.54) is 7.11 Å². The van der Waals surface area contributed by atoms with Crippen LogP contribution in [0.4, 0.5) is 0 Å². The molecule has 2 unspecified atom stereocenters. The van der Waals surface area contributed by atoms with Crippen molar-refractivity contribution in [3.05, 3.63) is 36.0 Å². The third kappa shape index (κ3) is 1.44. The van der Waals surface area contributed by atoms with Gasteiger partial charge in [-0.25, -0.2) is 4.79 Å². The number of fused-ring (bicyclic) bond motifs is 2. The minimum absolute atomic E-state index is 0.188. The van der Waals surface area contributed by atoms with Crippen LogP contribution < -0.4 is 0 Å². The highest BCUT2D eigenvalue weighted by Crippen LogP contribution is 2.34. The van der Waals surface area contributed by atoms with E-state index in [1.54, 1.807) is 0 Å². The standard InChI is InChI=1S/C11H12O2/c1-13-11(12)10-7-8-4-2-3-5-9(10)6-8/h2-5,7-9H,6H2,1H3. The predicted octanol–water partition coefficient (Wildman–Crippen LogP) is 1.85. The quantitative estimate of drug-likeness (QED) is 0.570. The van der Waals surface area contributed by atoms with E-state index < -0.39 is 0 Å². The topological polar surface area (TPSA) is 26.3 Å². The smallest absolute Gasteiger partial charge is 0.334 e. The van der Waals surface area contributed by atoms with E-state index in [0.717, 1.165) is 12.0 Å². The molecule has 0 aliphatic heterocycles. The molecule has 2 heteroatoms. The van der Waals surface area contributed by atoms with Crippen LogP contribution in [-0.4, -0.2) is 13.1 Å². The molecular weight excluding hydrogens is 164 g/mol. The van der Waals surface area contributed by atoms with E-state index in [-0.39, 0.29) is 11.9 Å². The lowest BCUT2D eigenvalue weighted by atomic mass is 10.0. The molecule has 2 rings (SSSR count). The van der Waals surface area contributed by atoms with E-state index in [9.17, 15) is 4.79 Å². The number of carbonyl (C=O) groups is 1. The number of hydrogen-bond acceptors (Lipinski definition) is 2. The highest BCUT2D eigenvalue weighted by atomic mass is 16.5. The van der Waals surface area contributed by atoms with E-state index in [1.807, 2.05) is 18.2 Å². The van der Waals surface area contributed by atoms with Crippen molar-refractivity contribution >= 4 is 5.97 Å². The Morgan fingerprint density at radius 1 is 1.46 bits per heavy atom. The molecule has 68 valence electrons.